The first-order valence-corrected chi connectivity index (χ1v) is 9.48. The predicted octanol–water partition coefficient (Wildman–Crippen LogP) is 4.13. The molecule has 2 N–H and O–H groups in total. The van der Waals surface area contributed by atoms with Crippen molar-refractivity contribution in [3.8, 4) is 0 Å². The number of hydrogen-bond acceptors (Lipinski definition) is 4. The fourth-order valence-electron chi connectivity index (χ4n) is 2.88. The molecule has 1 aromatic carbocycles. The van der Waals surface area contributed by atoms with Crippen LogP contribution in [0.4, 0.5) is 0 Å². The number of halogens is 2. The topological polar surface area (TPSA) is 71.8 Å². The maximum absolute atomic E-state index is 11.8. The van der Waals surface area contributed by atoms with Crippen LogP contribution >= 0.6 is 24.0 Å². The van der Waals surface area contributed by atoms with Gasteiger partial charge in [-0.3, -0.25) is 4.79 Å². The van der Waals surface area contributed by atoms with Gasteiger partial charge in [0.05, 0.1) is 6.20 Å². The van der Waals surface area contributed by atoms with Crippen molar-refractivity contribution in [3.05, 3.63) is 58.4 Å². The second kappa shape index (κ2) is 9.87. The van der Waals surface area contributed by atoms with Gasteiger partial charge in [-0.25, -0.2) is 9.67 Å². The molecule has 0 saturated heterocycles. The van der Waals surface area contributed by atoms with Gasteiger partial charge in [-0.2, -0.15) is 5.10 Å². The minimum Gasteiger partial charge on any atom is -0.352 e. The Morgan fingerprint density at radius 3 is 2.57 bits per heavy atom. The van der Waals surface area contributed by atoms with Crippen molar-refractivity contribution in [1.82, 2.24) is 25.4 Å². The van der Waals surface area contributed by atoms with Gasteiger partial charge >= 0.3 is 0 Å². The normalized spacial score (nSPS) is 10.9. The number of aromatic nitrogens is 3. The van der Waals surface area contributed by atoms with E-state index >= 15 is 0 Å². The monoisotopic (exact) mass is 421 g/mol. The number of amides is 1. The van der Waals surface area contributed by atoms with Crippen LogP contribution in [0.3, 0.4) is 0 Å². The zero-order chi connectivity index (χ0) is 19.4. The Hall–Kier alpha value is -2.15. The molecule has 0 bridgehead atoms. The van der Waals surface area contributed by atoms with Gasteiger partial charge in [-0.1, -0.05) is 23.7 Å². The van der Waals surface area contributed by atoms with Crippen LogP contribution in [0.25, 0.3) is 11.0 Å². The summed E-state index contributed by atoms with van der Waals surface area (Å²) in [5.74, 6) is -0.0508. The van der Waals surface area contributed by atoms with E-state index in [1.807, 2.05) is 48.1 Å². The van der Waals surface area contributed by atoms with Crippen LogP contribution in [-0.4, -0.2) is 27.2 Å². The van der Waals surface area contributed by atoms with Gasteiger partial charge in [0.2, 0.25) is 0 Å². The summed E-state index contributed by atoms with van der Waals surface area (Å²) in [6.07, 6.45) is 1.82. The number of hydrogen-bond donors (Lipinski definition) is 2. The summed E-state index contributed by atoms with van der Waals surface area (Å²) in [7, 11) is 0. The summed E-state index contributed by atoms with van der Waals surface area (Å²) in [4.78, 5) is 16.3. The number of carbonyl (C=O) groups excluding carboxylic acids is 1. The standard InChI is InChI=1S/C20H24ClN5O.ClH/c1-4-23-20(27)15-7-5-14(6-8-15)10-22-11-16-9-17-12-24-26(13(2)3)19(17)25-18(16)21;/h5-9,12-13,22H,4,10-11H2,1-3H3,(H,23,27);1H. The number of carbonyl (C=O) groups is 1. The number of nitrogens with one attached hydrogen (secondary N) is 2. The average Bonchev–Trinajstić information content (AvgIpc) is 3.05. The van der Waals surface area contributed by atoms with Crippen LogP contribution < -0.4 is 10.6 Å². The van der Waals surface area contributed by atoms with Gasteiger partial charge in [0.25, 0.3) is 5.91 Å². The SMILES string of the molecule is CCNC(=O)c1ccc(CNCc2cc3cnn(C(C)C)c3nc2Cl)cc1.Cl. The lowest BCUT2D eigenvalue weighted by Gasteiger charge is -2.10. The van der Waals surface area contributed by atoms with Crippen molar-refractivity contribution >= 4 is 40.9 Å². The Morgan fingerprint density at radius 1 is 1.21 bits per heavy atom. The molecule has 6 nitrogen and oxygen atoms in total. The van der Waals surface area contributed by atoms with Gasteiger partial charge in [0.15, 0.2) is 5.65 Å². The lowest BCUT2D eigenvalue weighted by Crippen LogP contribution is -2.22. The molecule has 0 aliphatic carbocycles. The molecule has 8 heteroatoms. The number of fused-ring (bicyclic) bond motifs is 1. The highest BCUT2D eigenvalue weighted by molar-refractivity contribution is 6.30. The number of benzene rings is 1. The molecule has 0 saturated carbocycles. The van der Waals surface area contributed by atoms with Crippen LogP contribution in [0.1, 0.15) is 48.3 Å². The Balaban J connectivity index is 0.00000280. The third-order valence-corrected chi connectivity index (χ3v) is 4.61. The van der Waals surface area contributed by atoms with Crippen LogP contribution in [0.5, 0.6) is 0 Å². The molecule has 2 aromatic heterocycles. The van der Waals surface area contributed by atoms with Crippen LogP contribution in [0.2, 0.25) is 5.15 Å². The highest BCUT2D eigenvalue weighted by Crippen LogP contribution is 2.22. The molecule has 28 heavy (non-hydrogen) atoms. The van der Waals surface area contributed by atoms with E-state index in [9.17, 15) is 4.79 Å². The first kappa shape index (κ1) is 22.1. The van der Waals surface area contributed by atoms with Gasteiger partial charge < -0.3 is 10.6 Å². The van der Waals surface area contributed by atoms with Crippen molar-refractivity contribution < 1.29 is 4.79 Å². The molecule has 0 fully saturated rings. The van der Waals surface area contributed by atoms with Gasteiger partial charge in [0.1, 0.15) is 5.15 Å². The largest absolute Gasteiger partial charge is 0.352 e. The summed E-state index contributed by atoms with van der Waals surface area (Å²) >= 11 is 6.37. The molecular weight excluding hydrogens is 397 g/mol. The van der Waals surface area contributed by atoms with E-state index in [0.29, 0.717) is 30.4 Å². The smallest absolute Gasteiger partial charge is 0.251 e. The third kappa shape index (κ3) is 5.01. The van der Waals surface area contributed by atoms with Crippen LogP contribution in [0, 0.1) is 0 Å². The number of pyridine rings is 1. The maximum Gasteiger partial charge on any atom is 0.251 e. The molecule has 2 heterocycles. The van der Waals surface area contributed by atoms with Crippen molar-refractivity contribution in [2.45, 2.75) is 39.9 Å². The predicted molar refractivity (Wildman–Crippen MR) is 115 cm³/mol. The van der Waals surface area contributed by atoms with E-state index in [-0.39, 0.29) is 24.4 Å². The minimum atomic E-state index is -0.0508. The fraction of sp³-hybridized carbons (Fsp3) is 0.350. The Morgan fingerprint density at radius 2 is 1.93 bits per heavy atom. The molecule has 3 aromatic rings. The van der Waals surface area contributed by atoms with E-state index < -0.39 is 0 Å². The zero-order valence-electron chi connectivity index (χ0n) is 16.2. The van der Waals surface area contributed by atoms with Crippen molar-refractivity contribution in [1.29, 1.82) is 0 Å². The van der Waals surface area contributed by atoms with E-state index in [0.717, 1.165) is 22.2 Å². The summed E-state index contributed by atoms with van der Waals surface area (Å²) in [5, 5.41) is 12.0. The summed E-state index contributed by atoms with van der Waals surface area (Å²) < 4.78 is 1.87. The summed E-state index contributed by atoms with van der Waals surface area (Å²) in [5.41, 5.74) is 3.51. The summed E-state index contributed by atoms with van der Waals surface area (Å²) in [6.45, 7) is 7.93. The minimum absolute atomic E-state index is 0. The van der Waals surface area contributed by atoms with E-state index in [4.69, 9.17) is 11.6 Å². The molecule has 3 rings (SSSR count). The Bertz CT molecular complexity index is 938. The van der Waals surface area contributed by atoms with Gasteiger partial charge in [0, 0.05) is 42.2 Å². The average molecular weight is 422 g/mol. The van der Waals surface area contributed by atoms with Crippen molar-refractivity contribution in [2.24, 2.45) is 0 Å². The zero-order valence-corrected chi connectivity index (χ0v) is 17.8. The first-order chi connectivity index (χ1) is 13.0. The number of rotatable bonds is 7. The molecule has 0 unspecified atom stereocenters. The van der Waals surface area contributed by atoms with E-state index in [1.165, 1.54) is 0 Å². The van der Waals surface area contributed by atoms with Gasteiger partial charge in [-0.05, 0) is 44.5 Å². The molecule has 0 radical (unpaired) electrons. The third-order valence-electron chi connectivity index (χ3n) is 4.28. The van der Waals surface area contributed by atoms with E-state index in [2.05, 4.69) is 34.6 Å². The molecule has 0 aliphatic rings. The molecular formula is C20H25Cl2N5O. The lowest BCUT2D eigenvalue weighted by atomic mass is 10.1. The Kier molecular flexibility index (Phi) is 7.80. The maximum atomic E-state index is 11.8. The highest BCUT2D eigenvalue weighted by Gasteiger charge is 2.11. The number of nitrogens with zero attached hydrogens (tertiary/aromatic N) is 3. The molecule has 0 atom stereocenters. The summed E-state index contributed by atoms with van der Waals surface area (Å²) in [6, 6.07) is 9.84. The molecule has 0 aliphatic heterocycles. The second-order valence-electron chi connectivity index (χ2n) is 6.69. The molecule has 1 amide bonds. The second-order valence-corrected chi connectivity index (χ2v) is 7.05. The quantitative estimate of drug-likeness (QED) is 0.562. The highest BCUT2D eigenvalue weighted by atomic mass is 35.5. The Labute approximate surface area is 176 Å². The first-order valence-electron chi connectivity index (χ1n) is 9.10. The fourth-order valence-corrected chi connectivity index (χ4v) is 3.08. The molecule has 150 valence electrons. The van der Waals surface area contributed by atoms with Crippen LogP contribution in [0.15, 0.2) is 36.5 Å². The van der Waals surface area contributed by atoms with Crippen molar-refractivity contribution in [2.75, 3.05) is 6.54 Å². The molecule has 0 spiro atoms. The van der Waals surface area contributed by atoms with E-state index in [1.54, 1.807) is 0 Å². The van der Waals surface area contributed by atoms with Crippen LogP contribution in [-0.2, 0) is 13.1 Å². The van der Waals surface area contributed by atoms with Crippen molar-refractivity contribution in [3.63, 3.8) is 0 Å². The lowest BCUT2D eigenvalue weighted by molar-refractivity contribution is 0.0956. The van der Waals surface area contributed by atoms with Gasteiger partial charge in [-0.15, -0.1) is 12.4 Å².